The van der Waals surface area contributed by atoms with Crippen molar-refractivity contribution in [2.24, 2.45) is 5.73 Å². The summed E-state index contributed by atoms with van der Waals surface area (Å²) in [5.41, 5.74) is 10.5. The number of hydrogen-bond acceptors (Lipinski definition) is 5. The SMILES string of the molecule is COc1cc(C2(C(N)=O)CCC(N3Cc4c(C)cc(CNS(C)(=O)=O)cc4NC3=O)CC2)ccc1C. The van der Waals surface area contributed by atoms with Gasteiger partial charge in [-0.25, -0.2) is 17.9 Å². The van der Waals surface area contributed by atoms with Gasteiger partial charge >= 0.3 is 6.03 Å². The minimum absolute atomic E-state index is 0.0241. The molecule has 4 N–H and O–H groups in total. The van der Waals surface area contributed by atoms with Crippen LogP contribution in [0, 0.1) is 13.8 Å². The summed E-state index contributed by atoms with van der Waals surface area (Å²) in [5, 5.41) is 2.98. The van der Waals surface area contributed by atoms with Crippen LogP contribution in [0.15, 0.2) is 30.3 Å². The van der Waals surface area contributed by atoms with Crippen LogP contribution in [0.4, 0.5) is 10.5 Å². The van der Waals surface area contributed by atoms with E-state index < -0.39 is 15.4 Å². The van der Waals surface area contributed by atoms with Crippen LogP contribution >= 0.6 is 0 Å². The van der Waals surface area contributed by atoms with Gasteiger partial charge in [0.15, 0.2) is 0 Å². The molecule has 1 aliphatic carbocycles. The number of primary amides is 1. The van der Waals surface area contributed by atoms with E-state index in [1.807, 2.05) is 49.1 Å². The zero-order chi connectivity index (χ0) is 26.3. The zero-order valence-corrected chi connectivity index (χ0v) is 22.0. The van der Waals surface area contributed by atoms with Crippen molar-refractivity contribution in [2.75, 3.05) is 18.7 Å². The molecule has 0 unspecified atom stereocenters. The molecule has 36 heavy (non-hydrogen) atoms. The summed E-state index contributed by atoms with van der Waals surface area (Å²) in [6, 6.07) is 9.35. The van der Waals surface area contributed by atoms with Gasteiger partial charge in [0.05, 0.1) is 25.3 Å². The maximum atomic E-state index is 13.1. The first-order chi connectivity index (χ1) is 16.9. The van der Waals surface area contributed by atoms with Gasteiger partial charge in [0.2, 0.25) is 15.9 Å². The maximum Gasteiger partial charge on any atom is 0.322 e. The molecule has 1 saturated carbocycles. The molecule has 3 amide bonds. The number of methoxy groups -OCH3 is 1. The minimum Gasteiger partial charge on any atom is -0.496 e. The molecule has 1 fully saturated rings. The van der Waals surface area contributed by atoms with Gasteiger partial charge in [-0.15, -0.1) is 0 Å². The first kappa shape index (κ1) is 26.0. The summed E-state index contributed by atoms with van der Waals surface area (Å²) >= 11 is 0. The summed E-state index contributed by atoms with van der Waals surface area (Å²) in [6.07, 6.45) is 3.51. The number of benzene rings is 2. The number of rotatable bonds is 7. The summed E-state index contributed by atoms with van der Waals surface area (Å²) in [6.45, 7) is 4.53. The Morgan fingerprint density at radius 2 is 1.89 bits per heavy atom. The number of nitrogens with two attached hydrogens (primary N) is 1. The number of anilines is 1. The van der Waals surface area contributed by atoms with Crippen molar-refractivity contribution in [3.8, 4) is 5.75 Å². The number of amides is 3. The lowest BCUT2D eigenvalue weighted by Crippen LogP contribution is -2.51. The summed E-state index contributed by atoms with van der Waals surface area (Å²) < 4.78 is 30.9. The van der Waals surface area contributed by atoms with E-state index in [-0.39, 0.29) is 24.5 Å². The number of fused-ring (bicyclic) bond motifs is 1. The first-order valence-electron chi connectivity index (χ1n) is 12.0. The third kappa shape index (κ3) is 5.05. The molecule has 2 aliphatic rings. The minimum atomic E-state index is -3.32. The smallest absolute Gasteiger partial charge is 0.322 e. The normalized spacial score (nSPS) is 22.1. The third-order valence-corrected chi connectivity index (χ3v) is 8.25. The third-order valence-electron chi connectivity index (χ3n) is 7.58. The van der Waals surface area contributed by atoms with Gasteiger partial charge in [-0.1, -0.05) is 18.2 Å². The van der Waals surface area contributed by atoms with E-state index in [1.54, 1.807) is 7.11 Å². The van der Waals surface area contributed by atoms with Crippen LogP contribution < -0.4 is 20.5 Å². The number of ether oxygens (including phenoxy) is 1. The summed E-state index contributed by atoms with van der Waals surface area (Å²) in [4.78, 5) is 27.6. The van der Waals surface area contributed by atoms with E-state index in [4.69, 9.17) is 10.5 Å². The fourth-order valence-electron chi connectivity index (χ4n) is 5.46. The second kappa shape index (κ2) is 9.74. The van der Waals surface area contributed by atoms with Crippen molar-refractivity contribution in [3.05, 3.63) is 58.1 Å². The van der Waals surface area contributed by atoms with Crippen molar-refractivity contribution in [1.82, 2.24) is 9.62 Å². The number of aryl methyl sites for hydroxylation is 2. The predicted octanol–water partition coefficient (Wildman–Crippen LogP) is 3.07. The van der Waals surface area contributed by atoms with Crippen LogP contribution in [0.3, 0.4) is 0 Å². The Kier molecular flexibility index (Phi) is 7.03. The van der Waals surface area contributed by atoms with E-state index in [2.05, 4.69) is 10.0 Å². The molecule has 0 radical (unpaired) electrons. The summed E-state index contributed by atoms with van der Waals surface area (Å²) in [7, 11) is -1.71. The summed E-state index contributed by atoms with van der Waals surface area (Å²) in [5.74, 6) is 0.371. The molecule has 10 heteroatoms. The lowest BCUT2D eigenvalue weighted by Gasteiger charge is -2.43. The van der Waals surface area contributed by atoms with Crippen LogP contribution in [-0.4, -0.2) is 44.7 Å². The number of carbonyl (C=O) groups is 2. The molecule has 2 aromatic carbocycles. The number of nitrogens with zero attached hydrogens (tertiary/aromatic N) is 1. The number of carbonyl (C=O) groups excluding carboxylic acids is 2. The monoisotopic (exact) mass is 514 g/mol. The molecular weight excluding hydrogens is 480 g/mol. The van der Waals surface area contributed by atoms with Gasteiger partial charge < -0.3 is 20.7 Å². The number of sulfonamides is 1. The van der Waals surface area contributed by atoms with E-state index in [9.17, 15) is 18.0 Å². The molecule has 0 atom stereocenters. The van der Waals surface area contributed by atoms with E-state index >= 15 is 0 Å². The topological polar surface area (TPSA) is 131 Å². The van der Waals surface area contributed by atoms with Crippen molar-refractivity contribution in [2.45, 2.75) is 64.1 Å². The maximum absolute atomic E-state index is 13.1. The van der Waals surface area contributed by atoms with Gasteiger partial charge in [-0.3, -0.25) is 4.79 Å². The van der Waals surface area contributed by atoms with Gasteiger partial charge in [0.25, 0.3) is 0 Å². The average Bonchev–Trinajstić information content (AvgIpc) is 2.82. The fraction of sp³-hybridized carbons (Fsp3) is 0.462. The van der Waals surface area contributed by atoms with Gasteiger partial charge in [0, 0.05) is 18.3 Å². The second-order valence-corrected chi connectivity index (χ2v) is 11.8. The fourth-order valence-corrected chi connectivity index (χ4v) is 5.88. The number of hydrogen-bond donors (Lipinski definition) is 3. The average molecular weight is 515 g/mol. The van der Waals surface area contributed by atoms with Gasteiger partial charge in [-0.2, -0.15) is 0 Å². The van der Waals surface area contributed by atoms with Crippen molar-refractivity contribution in [1.29, 1.82) is 0 Å². The standard InChI is InChI=1S/C26H34N4O5S/c1-16-5-6-19(13-23(16)35-3)26(24(27)31)9-7-20(8-10-26)30-15-21-17(2)11-18(14-28-36(4,33)34)12-22(21)29-25(30)32/h5-6,11-13,20,28H,7-10,14-15H2,1-4H3,(H2,27,31)(H,29,32). The Morgan fingerprint density at radius 3 is 2.50 bits per heavy atom. The highest BCUT2D eigenvalue weighted by molar-refractivity contribution is 7.88. The van der Waals surface area contributed by atoms with E-state index in [1.165, 1.54) is 0 Å². The number of nitrogens with one attached hydrogen (secondary N) is 2. The van der Waals surface area contributed by atoms with E-state index in [0.717, 1.165) is 39.8 Å². The molecule has 4 rings (SSSR count). The number of urea groups is 1. The second-order valence-electron chi connectivity index (χ2n) is 9.95. The highest BCUT2D eigenvalue weighted by atomic mass is 32.2. The Bertz CT molecular complexity index is 1300. The molecule has 0 saturated heterocycles. The van der Waals surface area contributed by atoms with Crippen LogP contribution in [0.5, 0.6) is 5.75 Å². The Hall–Kier alpha value is -3.11. The van der Waals surface area contributed by atoms with E-state index in [0.29, 0.717) is 37.9 Å². The van der Waals surface area contributed by atoms with Crippen molar-refractivity contribution >= 4 is 27.6 Å². The van der Waals surface area contributed by atoms with Crippen LogP contribution in [0.1, 0.15) is 53.5 Å². The molecule has 1 aliphatic heterocycles. The van der Waals surface area contributed by atoms with Gasteiger partial charge in [-0.05, 0) is 79.5 Å². The van der Waals surface area contributed by atoms with Crippen molar-refractivity contribution < 1.29 is 22.7 Å². The quantitative estimate of drug-likeness (QED) is 0.523. The van der Waals surface area contributed by atoms with Gasteiger partial charge in [0.1, 0.15) is 5.75 Å². The van der Waals surface area contributed by atoms with Crippen molar-refractivity contribution in [3.63, 3.8) is 0 Å². The first-order valence-corrected chi connectivity index (χ1v) is 13.9. The van der Waals surface area contributed by atoms with Crippen LogP contribution in [0.2, 0.25) is 0 Å². The van der Waals surface area contributed by atoms with Crippen LogP contribution in [-0.2, 0) is 33.3 Å². The predicted molar refractivity (Wildman–Crippen MR) is 138 cm³/mol. The molecule has 2 aromatic rings. The highest BCUT2D eigenvalue weighted by Gasteiger charge is 2.44. The highest BCUT2D eigenvalue weighted by Crippen LogP contribution is 2.43. The lowest BCUT2D eigenvalue weighted by molar-refractivity contribution is -0.125. The Labute approximate surface area is 212 Å². The largest absolute Gasteiger partial charge is 0.496 e. The molecule has 0 bridgehead atoms. The molecule has 1 heterocycles. The van der Waals surface area contributed by atoms with Crippen LogP contribution in [0.25, 0.3) is 0 Å². The molecular formula is C26H34N4O5S. The Balaban J connectivity index is 1.52. The zero-order valence-electron chi connectivity index (χ0n) is 21.2. The molecule has 0 spiro atoms. The lowest BCUT2D eigenvalue weighted by atomic mass is 9.67. The molecule has 9 nitrogen and oxygen atoms in total. The molecule has 194 valence electrons. The Morgan fingerprint density at radius 1 is 1.19 bits per heavy atom. The molecule has 0 aromatic heterocycles.